The fraction of sp³-hybridized carbons (Fsp3) is 0.440. The van der Waals surface area contributed by atoms with E-state index in [1.165, 1.54) is 0 Å². The van der Waals surface area contributed by atoms with Gasteiger partial charge in [0.05, 0.1) is 21.2 Å². The van der Waals surface area contributed by atoms with Crippen molar-refractivity contribution in [2.45, 2.75) is 56.4 Å². The van der Waals surface area contributed by atoms with Crippen LogP contribution in [0.2, 0.25) is 0 Å². The quantitative estimate of drug-likeness (QED) is 0.471. The molecule has 1 saturated heterocycles. The maximum Gasteiger partial charge on any atom is 0.243 e. The highest BCUT2D eigenvalue weighted by Crippen LogP contribution is 2.29. The second-order valence-electron chi connectivity index (χ2n) is 8.66. The highest BCUT2D eigenvalue weighted by molar-refractivity contribution is 7.89. The number of aromatic nitrogens is 1. The lowest BCUT2D eigenvalue weighted by Crippen LogP contribution is -2.31. The summed E-state index contributed by atoms with van der Waals surface area (Å²) >= 11 is 1.62. The van der Waals surface area contributed by atoms with Crippen molar-refractivity contribution in [3.05, 3.63) is 59.1 Å². The Morgan fingerprint density at radius 3 is 2.39 bits per heavy atom. The van der Waals surface area contributed by atoms with E-state index in [4.69, 9.17) is 0 Å². The number of carbonyl (C=O) groups is 1. The predicted molar refractivity (Wildman–Crippen MR) is 133 cm³/mol. The van der Waals surface area contributed by atoms with Crippen LogP contribution in [0.25, 0.3) is 10.2 Å². The molecule has 2 aromatic carbocycles. The molecule has 0 saturated carbocycles. The standard InChI is InChI=1S/C25H31N3O3S2/c1-19(25-26-22-9-5-6-10-23(22)32-25)27(2)24(29)16-13-20-11-14-21(15-12-20)33(30,31)28-17-7-3-4-8-18-28/h5-6,9-12,14-15,19H,3-4,7-8,13,16-18H2,1-2H3/t19-/m0/s1. The van der Waals surface area contributed by atoms with Crippen molar-refractivity contribution >= 4 is 37.5 Å². The third-order valence-corrected chi connectivity index (χ3v) is 9.52. The van der Waals surface area contributed by atoms with Crippen LogP contribution in [0, 0.1) is 0 Å². The Labute approximate surface area is 200 Å². The Morgan fingerprint density at radius 2 is 1.73 bits per heavy atom. The Kier molecular flexibility index (Phi) is 7.46. The van der Waals surface area contributed by atoms with Gasteiger partial charge in [0.15, 0.2) is 0 Å². The molecule has 8 heteroatoms. The van der Waals surface area contributed by atoms with Crippen molar-refractivity contribution in [3.63, 3.8) is 0 Å². The largest absolute Gasteiger partial charge is 0.337 e. The predicted octanol–water partition coefficient (Wildman–Crippen LogP) is 5.01. The number of hydrogen-bond acceptors (Lipinski definition) is 5. The van der Waals surface area contributed by atoms with Gasteiger partial charge in [0, 0.05) is 26.6 Å². The molecule has 4 rings (SSSR count). The zero-order valence-corrected chi connectivity index (χ0v) is 20.9. The monoisotopic (exact) mass is 485 g/mol. The zero-order valence-electron chi connectivity index (χ0n) is 19.2. The number of hydrogen-bond donors (Lipinski definition) is 0. The first-order valence-corrected chi connectivity index (χ1v) is 13.8. The molecule has 3 aromatic rings. The summed E-state index contributed by atoms with van der Waals surface area (Å²) in [6, 6.07) is 14.9. The van der Waals surface area contributed by atoms with Gasteiger partial charge in [-0.1, -0.05) is 37.1 Å². The van der Waals surface area contributed by atoms with Crippen LogP contribution >= 0.6 is 11.3 Å². The lowest BCUT2D eigenvalue weighted by molar-refractivity contribution is -0.131. The lowest BCUT2D eigenvalue weighted by atomic mass is 10.1. The van der Waals surface area contributed by atoms with Crippen LogP contribution in [-0.4, -0.2) is 48.7 Å². The molecule has 1 aliphatic heterocycles. The van der Waals surface area contributed by atoms with Crippen molar-refractivity contribution in [1.82, 2.24) is 14.2 Å². The molecular formula is C25H31N3O3S2. The van der Waals surface area contributed by atoms with Crippen LogP contribution in [0.1, 0.15) is 55.6 Å². The van der Waals surface area contributed by atoms with Gasteiger partial charge >= 0.3 is 0 Å². The number of carbonyl (C=O) groups excluding carboxylic acids is 1. The van der Waals surface area contributed by atoms with Crippen LogP contribution < -0.4 is 0 Å². The smallest absolute Gasteiger partial charge is 0.243 e. The number of rotatable bonds is 7. The van der Waals surface area contributed by atoms with E-state index in [9.17, 15) is 13.2 Å². The molecule has 0 N–H and O–H groups in total. The Morgan fingerprint density at radius 1 is 1.06 bits per heavy atom. The molecule has 1 amide bonds. The first-order valence-electron chi connectivity index (χ1n) is 11.6. The fourth-order valence-corrected chi connectivity index (χ4v) is 6.72. The van der Waals surface area contributed by atoms with Gasteiger partial charge < -0.3 is 4.90 Å². The molecule has 1 atom stereocenters. The van der Waals surface area contributed by atoms with E-state index in [-0.39, 0.29) is 11.9 Å². The molecule has 6 nitrogen and oxygen atoms in total. The zero-order chi connectivity index (χ0) is 23.4. The number of aryl methyl sites for hydroxylation is 1. The first kappa shape index (κ1) is 23.9. The van der Waals surface area contributed by atoms with E-state index in [1.54, 1.807) is 32.7 Å². The molecule has 2 heterocycles. The second kappa shape index (κ2) is 10.3. The van der Waals surface area contributed by atoms with Crippen LogP contribution in [-0.2, 0) is 21.2 Å². The number of thiazole rings is 1. The Hall–Kier alpha value is -2.29. The van der Waals surface area contributed by atoms with E-state index >= 15 is 0 Å². The molecule has 0 aliphatic carbocycles. The number of nitrogens with zero attached hydrogens (tertiary/aromatic N) is 3. The number of benzene rings is 2. The van der Waals surface area contributed by atoms with Crippen molar-refractivity contribution in [2.24, 2.45) is 0 Å². The van der Waals surface area contributed by atoms with Gasteiger partial charge in [0.2, 0.25) is 15.9 Å². The molecule has 1 fully saturated rings. The highest BCUT2D eigenvalue weighted by atomic mass is 32.2. The maximum atomic E-state index is 12.9. The van der Waals surface area contributed by atoms with Gasteiger partial charge in [0.1, 0.15) is 5.01 Å². The topological polar surface area (TPSA) is 70.6 Å². The average molecular weight is 486 g/mol. The Balaban J connectivity index is 1.35. The van der Waals surface area contributed by atoms with Crippen LogP contribution in [0.4, 0.5) is 0 Å². The molecule has 1 aliphatic rings. The third-order valence-electron chi connectivity index (χ3n) is 6.40. The number of fused-ring (bicyclic) bond motifs is 1. The summed E-state index contributed by atoms with van der Waals surface area (Å²) in [6.07, 6.45) is 4.95. The van der Waals surface area contributed by atoms with Gasteiger partial charge in [-0.25, -0.2) is 13.4 Å². The van der Waals surface area contributed by atoms with E-state index in [1.807, 2.05) is 50.4 Å². The van der Waals surface area contributed by atoms with Crippen LogP contribution in [0.3, 0.4) is 0 Å². The highest BCUT2D eigenvalue weighted by Gasteiger charge is 2.25. The minimum absolute atomic E-state index is 0.0445. The van der Waals surface area contributed by atoms with Crippen molar-refractivity contribution in [1.29, 1.82) is 0 Å². The summed E-state index contributed by atoms with van der Waals surface area (Å²) in [5.41, 5.74) is 1.92. The van der Waals surface area contributed by atoms with E-state index in [0.29, 0.717) is 30.8 Å². The third kappa shape index (κ3) is 5.45. The number of sulfonamides is 1. The number of amides is 1. The molecule has 0 bridgehead atoms. The van der Waals surface area contributed by atoms with Gasteiger partial charge in [-0.2, -0.15) is 4.31 Å². The minimum Gasteiger partial charge on any atom is -0.337 e. The van der Waals surface area contributed by atoms with E-state index < -0.39 is 10.0 Å². The molecule has 33 heavy (non-hydrogen) atoms. The summed E-state index contributed by atoms with van der Waals surface area (Å²) in [5, 5.41) is 0.926. The molecule has 0 unspecified atom stereocenters. The summed E-state index contributed by atoms with van der Waals surface area (Å²) in [7, 11) is -1.63. The second-order valence-corrected chi connectivity index (χ2v) is 11.7. The van der Waals surface area contributed by atoms with E-state index in [0.717, 1.165) is 46.5 Å². The van der Waals surface area contributed by atoms with Crippen molar-refractivity contribution in [2.75, 3.05) is 20.1 Å². The van der Waals surface area contributed by atoms with Crippen LogP contribution in [0.5, 0.6) is 0 Å². The van der Waals surface area contributed by atoms with Gasteiger partial charge in [-0.15, -0.1) is 11.3 Å². The fourth-order valence-electron chi connectivity index (χ4n) is 4.14. The van der Waals surface area contributed by atoms with Gasteiger partial charge in [0.25, 0.3) is 0 Å². The van der Waals surface area contributed by atoms with Crippen molar-refractivity contribution in [3.8, 4) is 0 Å². The van der Waals surface area contributed by atoms with Gasteiger partial charge in [-0.05, 0) is 56.0 Å². The molecular weight excluding hydrogens is 454 g/mol. The van der Waals surface area contributed by atoms with Crippen LogP contribution in [0.15, 0.2) is 53.4 Å². The maximum absolute atomic E-state index is 12.9. The number of para-hydroxylation sites is 1. The Bertz CT molecular complexity index is 1160. The summed E-state index contributed by atoms with van der Waals surface area (Å²) < 4.78 is 28.6. The molecule has 0 radical (unpaired) electrons. The van der Waals surface area contributed by atoms with Crippen molar-refractivity contribution < 1.29 is 13.2 Å². The minimum atomic E-state index is -3.45. The summed E-state index contributed by atoms with van der Waals surface area (Å²) in [4.78, 5) is 19.6. The van der Waals surface area contributed by atoms with Gasteiger partial charge in [-0.3, -0.25) is 4.79 Å². The molecule has 1 aromatic heterocycles. The normalized spacial score (nSPS) is 16.4. The molecule has 176 valence electrons. The lowest BCUT2D eigenvalue weighted by Gasteiger charge is -2.23. The van der Waals surface area contributed by atoms with E-state index in [2.05, 4.69) is 4.98 Å². The summed E-state index contributed by atoms with van der Waals surface area (Å²) in [5.74, 6) is 0.0445. The first-order chi connectivity index (χ1) is 15.9. The molecule has 0 spiro atoms. The average Bonchev–Trinajstić information content (AvgIpc) is 3.06. The summed E-state index contributed by atoms with van der Waals surface area (Å²) in [6.45, 7) is 3.19. The SMILES string of the molecule is C[C@@H](c1nc2ccccc2s1)N(C)C(=O)CCc1ccc(S(=O)(=O)N2CCCCCC2)cc1.